The Morgan fingerprint density at radius 3 is 3.12 bits per heavy atom. The molecule has 1 N–H and O–H groups in total. The molecule has 0 spiro atoms. The van der Waals surface area contributed by atoms with Crippen molar-refractivity contribution in [1.82, 2.24) is 20.3 Å². The summed E-state index contributed by atoms with van der Waals surface area (Å²) in [5.74, 6) is 1.32. The quantitative estimate of drug-likeness (QED) is 0.767. The van der Waals surface area contributed by atoms with E-state index in [1.165, 1.54) is 0 Å². The molecule has 3 aromatic heterocycles. The van der Waals surface area contributed by atoms with Gasteiger partial charge in [0.15, 0.2) is 0 Å². The summed E-state index contributed by atoms with van der Waals surface area (Å²) >= 11 is 1.62. The van der Waals surface area contributed by atoms with Crippen LogP contribution < -0.4 is 0 Å². The lowest BCUT2D eigenvalue weighted by Gasteiger charge is -1.90. The molecule has 86 valence electrons. The molecule has 0 aromatic carbocycles. The van der Waals surface area contributed by atoms with E-state index in [2.05, 4.69) is 20.3 Å². The summed E-state index contributed by atoms with van der Waals surface area (Å²) in [5.41, 5.74) is 2.15. The van der Waals surface area contributed by atoms with Crippen LogP contribution in [0.4, 0.5) is 0 Å². The number of H-pyrrole nitrogens is 1. The van der Waals surface area contributed by atoms with Crippen molar-refractivity contribution < 1.29 is 4.52 Å². The molecule has 0 aliphatic carbocycles. The summed E-state index contributed by atoms with van der Waals surface area (Å²) < 4.78 is 5.20. The van der Waals surface area contributed by atoms with Crippen LogP contribution >= 0.6 is 11.3 Å². The number of rotatable bonds is 4. The number of thiophene rings is 1. The number of nitrogens with zero attached hydrogens (tertiary/aromatic N) is 3. The molecular weight excluding hydrogens is 236 g/mol. The zero-order valence-electron chi connectivity index (χ0n) is 8.96. The van der Waals surface area contributed by atoms with Gasteiger partial charge in [0.2, 0.25) is 11.7 Å². The van der Waals surface area contributed by atoms with Gasteiger partial charge in [-0.05, 0) is 23.4 Å². The van der Waals surface area contributed by atoms with Crippen LogP contribution in [0.3, 0.4) is 0 Å². The lowest BCUT2D eigenvalue weighted by atomic mass is 10.2. The predicted molar refractivity (Wildman–Crippen MR) is 63.6 cm³/mol. The fourth-order valence-electron chi connectivity index (χ4n) is 1.53. The fourth-order valence-corrected chi connectivity index (χ4v) is 2.17. The third-order valence-corrected chi connectivity index (χ3v) is 3.11. The van der Waals surface area contributed by atoms with Crippen LogP contribution in [-0.2, 0) is 12.8 Å². The Morgan fingerprint density at radius 1 is 1.35 bits per heavy atom. The number of nitrogens with one attached hydrogen (secondary N) is 1. The van der Waals surface area contributed by atoms with Gasteiger partial charge >= 0.3 is 0 Å². The van der Waals surface area contributed by atoms with E-state index in [9.17, 15) is 0 Å². The van der Waals surface area contributed by atoms with Crippen LogP contribution in [0.15, 0.2) is 33.7 Å². The summed E-state index contributed by atoms with van der Waals surface area (Å²) in [6.45, 7) is 0. The Morgan fingerprint density at radius 2 is 2.35 bits per heavy atom. The second-order valence-electron chi connectivity index (χ2n) is 3.63. The molecular formula is C11H10N4OS. The van der Waals surface area contributed by atoms with Crippen molar-refractivity contribution in [3.8, 4) is 11.4 Å². The van der Waals surface area contributed by atoms with Crippen molar-refractivity contribution >= 4 is 11.3 Å². The van der Waals surface area contributed by atoms with Crippen LogP contribution in [0.1, 0.15) is 11.5 Å². The topological polar surface area (TPSA) is 67.6 Å². The first-order valence-corrected chi connectivity index (χ1v) is 6.19. The number of aromatic amines is 1. The van der Waals surface area contributed by atoms with Gasteiger partial charge in [-0.25, -0.2) is 0 Å². The Kier molecular flexibility index (Phi) is 2.71. The zero-order valence-corrected chi connectivity index (χ0v) is 9.78. The minimum absolute atomic E-state index is 0.660. The first kappa shape index (κ1) is 10.2. The van der Waals surface area contributed by atoms with Gasteiger partial charge in [-0.15, -0.1) is 0 Å². The SMILES string of the molecule is c1cc(-c2noc(CCc3cn[nH]c3)n2)cs1. The van der Waals surface area contributed by atoms with E-state index in [0.29, 0.717) is 11.7 Å². The smallest absolute Gasteiger partial charge is 0.227 e. The molecule has 0 atom stereocenters. The Bertz CT molecular complexity index is 570. The van der Waals surface area contributed by atoms with Crippen molar-refractivity contribution in [1.29, 1.82) is 0 Å². The molecule has 3 rings (SSSR count). The lowest BCUT2D eigenvalue weighted by molar-refractivity contribution is 0.379. The van der Waals surface area contributed by atoms with E-state index in [1.807, 2.05) is 23.0 Å². The number of hydrogen-bond acceptors (Lipinski definition) is 5. The average molecular weight is 246 g/mol. The Labute approximate surface area is 101 Å². The fraction of sp³-hybridized carbons (Fsp3) is 0.182. The normalized spacial score (nSPS) is 10.8. The molecule has 0 saturated carbocycles. The minimum atomic E-state index is 0.660. The highest BCUT2D eigenvalue weighted by atomic mass is 32.1. The summed E-state index contributed by atoms with van der Waals surface area (Å²) in [6.07, 6.45) is 5.25. The van der Waals surface area contributed by atoms with Gasteiger partial charge in [-0.3, -0.25) is 5.10 Å². The molecule has 0 bridgehead atoms. The van der Waals surface area contributed by atoms with Crippen LogP contribution in [0, 0.1) is 0 Å². The molecule has 0 unspecified atom stereocenters. The third-order valence-electron chi connectivity index (χ3n) is 2.43. The summed E-state index contributed by atoms with van der Waals surface area (Å²) in [4.78, 5) is 4.35. The molecule has 0 fully saturated rings. The van der Waals surface area contributed by atoms with E-state index in [-0.39, 0.29) is 0 Å². The molecule has 0 aliphatic heterocycles. The predicted octanol–water partition coefficient (Wildman–Crippen LogP) is 2.31. The van der Waals surface area contributed by atoms with Crippen molar-refractivity contribution in [2.24, 2.45) is 0 Å². The molecule has 0 saturated heterocycles. The van der Waals surface area contributed by atoms with Crippen molar-refractivity contribution in [2.45, 2.75) is 12.8 Å². The standard InChI is InChI=1S/C11H10N4OS/c1(8-5-12-13-6-8)2-10-14-11(15-16-10)9-3-4-17-7-9/h3-7H,1-2H2,(H,12,13). The van der Waals surface area contributed by atoms with E-state index in [4.69, 9.17) is 4.52 Å². The highest BCUT2D eigenvalue weighted by Gasteiger charge is 2.08. The number of aryl methyl sites for hydroxylation is 2. The molecule has 0 amide bonds. The summed E-state index contributed by atoms with van der Waals surface area (Å²) in [5, 5.41) is 14.6. The van der Waals surface area contributed by atoms with E-state index in [0.717, 1.165) is 24.0 Å². The van der Waals surface area contributed by atoms with E-state index >= 15 is 0 Å². The van der Waals surface area contributed by atoms with E-state index < -0.39 is 0 Å². The van der Waals surface area contributed by atoms with Gasteiger partial charge in [-0.1, -0.05) is 5.16 Å². The summed E-state index contributed by atoms with van der Waals surface area (Å²) in [7, 11) is 0. The molecule has 0 aliphatic rings. The van der Waals surface area contributed by atoms with Gasteiger partial charge in [-0.2, -0.15) is 21.4 Å². The number of aromatic nitrogens is 4. The first-order chi connectivity index (χ1) is 8.42. The molecule has 0 radical (unpaired) electrons. The van der Waals surface area contributed by atoms with Gasteiger partial charge in [0.1, 0.15) is 0 Å². The Balaban J connectivity index is 1.69. The average Bonchev–Trinajstić information content (AvgIpc) is 3.09. The minimum Gasteiger partial charge on any atom is -0.339 e. The van der Waals surface area contributed by atoms with Crippen LogP contribution in [-0.4, -0.2) is 20.3 Å². The van der Waals surface area contributed by atoms with Crippen molar-refractivity contribution in [3.05, 3.63) is 40.7 Å². The van der Waals surface area contributed by atoms with Gasteiger partial charge < -0.3 is 4.52 Å². The van der Waals surface area contributed by atoms with Crippen LogP contribution in [0.2, 0.25) is 0 Å². The Hall–Kier alpha value is -1.95. The summed E-state index contributed by atoms with van der Waals surface area (Å²) in [6, 6.07) is 1.98. The lowest BCUT2D eigenvalue weighted by Crippen LogP contribution is -1.89. The van der Waals surface area contributed by atoms with Crippen molar-refractivity contribution in [2.75, 3.05) is 0 Å². The second-order valence-corrected chi connectivity index (χ2v) is 4.41. The molecule has 6 heteroatoms. The highest BCUT2D eigenvalue weighted by molar-refractivity contribution is 7.08. The number of hydrogen-bond donors (Lipinski definition) is 1. The monoisotopic (exact) mass is 246 g/mol. The molecule has 17 heavy (non-hydrogen) atoms. The highest BCUT2D eigenvalue weighted by Crippen LogP contribution is 2.19. The van der Waals surface area contributed by atoms with Gasteiger partial charge in [0, 0.05) is 23.6 Å². The van der Waals surface area contributed by atoms with E-state index in [1.54, 1.807) is 17.5 Å². The molecule has 3 aromatic rings. The van der Waals surface area contributed by atoms with Gasteiger partial charge in [0.25, 0.3) is 0 Å². The molecule has 3 heterocycles. The largest absolute Gasteiger partial charge is 0.339 e. The van der Waals surface area contributed by atoms with Gasteiger partial charge in [0.05, 0.1) is 6.20 Å². The third kappa shape index (κ3) is 2.26. The maximum Gasteiger partial charge on any atom is 0.227 e. The molecule has 5 nitrogen and oxygen atoms in total. The first-order valence-electron chi connectivity index (χ1n) is 5.24. The maximum atomic E-state index is 5.20. The zero-order chi connectivity index (χ0) is 11.5. The second kappa shape index (κ2) is 4.50. The van der Waals surface area contributed by atoms with Crippen LogP contribution in [0.25, 0.3) is 11.4 Å². The maximum absolute atomic E-state index is 5.20. The van der Waals surface area contributed by atoms with Crippen molar-refractivity contribution in [3.63, 3.8) is 0 Å². The van der Waals surface area contributed by atoms with Crippen LogP contribution in [0.5, 0.6) is 0 Å².